The Hall–Kier alpha value is -2.67. The molecule has 1 fully saturated rings. The van der Waals surface area contributed by atoms with Gasteiger partial charge in [-0.25, -0.2) is 4.79 Å². The molecule has 1 saturated heterocycles. The Kier molecular flexibility index (Phi) is 4.59. The molecule has 1 amide bonds. The minimum absolute atomic E-state index is 0.0374. The Morgan fingerprint density at radius 3 is 2.48 bits per heavy atom. The Morgan fingerprint density at radius 2 is 1.80 bits per heavy atom. The van der Waals surface area contributed by atoms with Crippen LogP contribution in [-0.2, 0) is 25.4 Å². The van der Waals surface area contributed by atoms with Crippen molar-refractivity contribution >= 4 is 11.6 Å². The highest BCUT2D eigenvalue weighted by Gasteiger charge is 2.35. The Balaban J connectivity index is 1.79. The van der Waals surface area contributed by atoms with Crippen LogP contribution in [0.15, 0.2) is 46.1 Å². The van der Waals surface area contributed by atoms with E-state index in [9.17, 15) is 14.4 Å². The first-order valence-electron chi connectivity index (χ1n) is 8.22. The normalized spacial score (nSPS) is 17.5. The third-order valence-electron chi connectivity index (χ3n) is 4.71. The molecule has 1 atom stereocenters. The number of aryl methyl sites for hydroxylation is 1. The second-order valence-corrected chi connectivity index (χ2v) is 6.46. The summed E-state index contributed by atoms with van der Waals surface area (Å²) in [6.07, 6.45) is 2.26. The molecular formula is C18H22N4O3. The topological polar surface area (TPSA) is 67.6 Å². The van der Waals surface area contributed by atoms with E-state index in [1.807, 2.05) is 42.3 Å². The van der Waals surface area contributed by atoms with Crippen molar-refractivity contribution in [2.45, 2.75) is 19.0 Å². The van der Waals surface area contributed by atoms with Crippen molar-refractivity contribution in [1.82, 2.24) is 14.0 Å². The first-order chi connectivity index (χ1) is 11.9. The van der Waals surface area contributed by atoms with Crippen LogP contribution in [0.2, 0.25) is 0 Å². The minimum Gasteiger partial charge on any atom is -0.311 e. The summed E-state index contributed by atoms with van der Waals surface area (Å²) >= 11 is 0. The molecule has 0 saturated carbocycles. The lowest BCUT2D eigenvalue weighted by molar-refractivity contribution is -0.121. The zero-order valence-electron chi connectivity index (χ0n) is 14.7. The number of aromatic nitrogens is 2. The van der Waals surface area contributed by atoms with Crippen LogP contribution < -0.4 is 16.1 Å². The van der Waals surface area contributed by atoms with Gasteiger partial charge in [-0.2, -0.15) is 0 Å². The summed E-state index contributed by atoms with van der Waals surface area (Å²) in [5, 5.41) is 0. The van der Waals surface area contributed by atoms with Gasteiger partial charge in [-0.05, 0) is 25.6 Å². The van der Waals surface area contributed by atoms with Gasteiger partial charge in [-0.1, -0.05) is 18.2 Å². The van der Waals surface area contributed by atoms with Crippen molar-refractivity contribution in [3.63, 3.8) is 0 Å². The number of amides is 1. The fourth-order valence-electron chi connectivity index (χ4n) is 3.31. The number of benzene rings is 1. The predicted octanol–water partition coefficient (Wildman–Crippen LogP) is 0.321. The average Bonchev–Trinajstić information content (AvgIpc) is 3.00. The number of carbonyl (C=O) groups is 1. The van der Waals surface area contributed by atoms with Crippen LogP contribution in [0.1, 0.15) is 12.0 Å². The van der Waals surface area contributed by atoms with Crippen LogP contribution in [0.4, 0.5) is 5.69 Å². The van der Waals surface area contributed by atoms with E-state index in [4.69, 9.17) is 0 Å². The Morgan fingerprint density at radius 1 is 1.12 bits per heavy atom. The maximum atomic E-state index is 12.8. The molecule has 132 valence electrons. The average molecular weight is 342 g/mol. The number of nitrogens with zero attached hydrogens (tertiary/aromatic N) is 4. The van der Waals surface area contributed by atoms with Gasteiger partial charge in [0.25, 0.3) is 5.56 Å². The minimum atomic E-state index is -0.358. The van der Waals surface area contributed by atoms with Crippen LogP contribution >= 0.6 is 0 Å². The lowest BCUT2D eigenvalue weighted by Crippen LogP contribution is -2.43. The van der Waals surface area contributed by atoms with E-state index in [0.717, 1.165) is 10.3 Å². The SMILES string of the molecule is CN(Cc1cn(C)c(=O)n(C)c1=O)C1CCN(c2ccccc2)C1=O. The van der Waals surface area contributed by atoms with Gasteiger partial charge in [0.15, 0.2) is 0 Å². The van der Waals surface area contributed by atoms with E-state index in [-0.39, 0.29) is 23.2 Å². The third-order valence-corrected chi connectivity index (χ3v) is 4.71. The van der Waals surface area contributed by atoms with Gasteiger partial charge in [-0.3, -0.25) is 19.1 Å². The highest BCUT2D eigenvalue weighted by atomic mass is 16.2. The van der Waals surface area contributed by atoms with E-state index < -0.39 is 0 Å². The maximum Gasteiger partial charge on any atom is 0.330 e. The summed E-state index contributed by atoms with van der Waals surface area (Å²) in [6, 6.07) is 9.30. The first-order valence-corrected chi connectivity index (χ1v) is 8.22. The van der Waals surface area contributed by atoms with Crippen LogP contribution in [-0.4, -0.2) is 39.6 Å². The lowest BCUT2D eigenvalue weighted by atomic mass is 10.2. The molecule has 3 rings (SSSR count). The molecule has 2 heterocycles. The molecule has 2 aromatic rings. The van der Waals surface area contributed by atoms with E-state index in [2.05, 4.69) is 0 Å². The summed E-state index contributed by atoms with van der Waals surface area (Å²) in [5.41, 5.74) is 0.711. The van der Waals surface area contributed by atoms with Gasteiger partial charge >= 0.3 is 5.69 Å². The van der Waals surface area contributed by atoms with Crippen molar-refractivity contribution in [3.8, 4) is 0 Å². The predicted molar refractivity (Wildman–Crippen MR) is 95.6 cm³/mol. The summed E-state index contributed by atoms with van der Waals surface area (Å²) in [4.78, 5) is 40.5. The number of carbonyl (C=O) groups excluding carboxylic acids is 1. The van der Waals surface area contributed by atoms with E-state index in [1.54, 1.807) is 18.1 Å². The third kappa shape index (κ3) is 3.15. The molecule has 7 heteroatoms. The van der Waals surface area contributed by atoms with Crippen molar-refractivity contribution in [1.29, 1.82) is 0 Å². The van der Waals surface area contributed by atoms with Gasteiger partial charge in [0.2, 0.25) is 5.91 Å². The first kappa shape index (κ1) is 17.2. The van der Waals surface area contributed by atoms with E-state index in [1.165, 1.54) is 11.6 Å². The largest absolute Gasteiger partial charge is 0.330 e. The zero-order chi connectivity index (χ0) is 18.1. The van der Waals surface area contributed by atoms with E-state index >= 15 is 0 Å². The molecule has 0 spiro atoms. The highest BCUT2D eigenvalue weighted by molar-refractivity contribution is 5.99. The summed E-state index contributed by atoms with van der Waals surface area (Å²) < 4.78 is 2.48. The Labute approximate surface area is 145 Å². The van der Waals surface area contributed by atoms with Gasteiger partial charge in [0.1, 0.15) is 0 Å². The fourth-order valence-corrected chi connectivity index (χ4v) is 3.31. The Bertz CT molecular complexity index is 901. The molecule has 0 radical (unpaired) electrons. The van der Waals surface area contributed by atoms with Gasteiger partial charge in [0, 0.05) is 44.6 Å². The number of likely N-dealkylation sites (N-methyl/N-ethyl adjacent to an activating group) is 1. The monoisotopic (exact) mass is 342 g/mol. The number of para-hydroxylation sites is 1. The van der Waals surface area contributed by atoms with Gasteiger partial charge in [0.05, 0.1) is 6.04 Å². The molecule has 0 bridgehead atoms. The maximum absolute atomic E-state index is 12.8. The number of anilines is 1. The van der Waals surface area contributed by atoms with Crippen molar-refractivity contribution in [2.24, 2.45) is 14.1 Å². The lowest BCUT2D eigenvalue weighted by Gasteiger charge is -2.24. The zero-order valence-corrected chi connectivity index (χ0v) is 14.7. The molecule has 1 aliphatic heterocycles. The smallest absolute Gasteiger partial charge is 0.311 e. The fraction of sp³-hybridized carbons (Fsp3) is 0.389. The molecule has 0 aliphatic carbocycles. The summed E-state index contributed by atoms with van der Waals surface area (Å²) in [7, 11) is 4.91. The number of rotatable bonds is 4. The number of hydrogen-bond donors (Lipinski definition) is 0. The molecular weight excluding hydrogens is 320 g/mol. The van der Waals surface area contributed by atoms with Crippen molar-refractivity contribution < 1.29 is 4.79 Å². The summed E-state index contributed by atoms with van der Waals surface area (Å²) in [6.45, 7) is 0.975. The molecule has 1 aromatic carbocycles. The molecule has 1 aromatic heterocycles. The van der Waals surface area contributed by atoms with Crippen molar-refractivity contribution in [3.05, 3.63) is 62.9 Å². The van der Waals surface area contributed by atoms with E-state index in [0.29, 0.717) is 25.1 Å². The molecule has 1 unspecified atom stereocenters. The van der Waals surface area contributed by atoms with Crippen molar-refractivity contribution in [2.75, 3.05) is 18.5 Å². The van der Waals surface area contributed by atoms with Crippen LogP contribution in [0.5, 0.6) is 0 Å². The van der Waals surface area contributed by atoms with Crippen LogP contribution in [0, 0.1) is 0 Å². The molecule has 7 nitrogen and oxygen atoms in total. The highest BCUT2D eigenvalue weighted by Crippen LogP contribution is 2.24. The molecule has 0 N–H and O–H groups in total. The quantitative estimate of drug-likeness (QED) is 0.803. The second-order valence-electron chi connectivity index (χ2n) is 6.46. The second kappa shape index (κ2) is 6.68. The summed E-state index contributed by atoms with van der Waals surface area (Å²) in [5.74, 6) is 0.0374. The van der Waals surface area contributed by atoms with Gasteiger partial charge in [-0.15, -0.1) is 0 Å². The standard InChI is InChI=1S/C18H22N4O3/c1-19(11-13-12-20(2)18(25)21(3)16(13)23)15-9-10-22(17(15)24)14-7-5-4-6-8-14/h4-8,12,15H,9-11H2,1-3H3. The molecule has 1 aliphatic rings. The number of hydrogen-bond acceptors (Lipinski definition) is 4. The molecule has 25 heavy (non-hydrogen) atoms. The van der Waals surface area contributed by atoms with Crippen LogP contribution in [0.25, 0.3) is 0 Å². The van der Waals surface area contributed by atoms with Crippen LogP contribution in [0.3, 0.4) is 0 Å². The van der Waals surface area contributed by atoms with Gasteiger partial charge < -0.3 is 9.47 Å².